The van der Waals surface area contributed by atoms with Gasteiger partial charge >= 0.3 is 0 Å². The highest BCUT2D eigenvalue weighted by atomic mass is 16.1. The molecule has 164 valence electrons. The van der Waals surface area contributed by atoms with E-state index in [9.17, 15) is 14.9 Å². The molecule has 31 heavy (non-hydrogen) atoms. The van der Waals surface area contributed by atoms with Gasteiger partial charge in [-0.1, -0.05) is 0 Å². The van der Waals surface area contributed by atoms with E-state index in [0.717, 1.165) is 25.9 Å². The number of Topliss-reactive ketones (excluding diaryl/α,β-unsaturated/α-hetero) is 1. The summed E-state index contributed by atoms with van der Waals surface area (Å²) in [7, 11) is 0. The van der Waals surface area contributed by atoms with Crippen molar-refractivity contribution in [1.82, 2.24) is 14.7 Å². The molecule has 3 rings (SSSR count). The van der Waals surface area contributed by atoms with Gasteiger partial charge < -0.3 is 11.1 Å². The number of primary amides is 1. The predicted molar refractivity (Wildman–Crippen MR) is 119 cm³/mol. The van der Waals surface area contributed by atoms with Crippen LogP contribution >= 0.6 is 0 Å². The number of aromatic nitrogens is 2. The first-order valence-corrected chi connectivity index (χ1v) is 10.5. The molecular formula is C23H30N6O2. The maximum atomic E-state index is 12.1. The van der Waals surface area contributed by atoms with Gasteiger partial charge in [-0.25, -0.2) is 0 Å². The molecule has 8 nitrogen and oxygen atoms in total. The number of hydrogen-bond acceptors (Lipinski definition) is 6. The quantitative estimate of drug-likeness (QED) is 0.689. The van der Waals surface area contributed by atoms with E-state index in [1.54, 1.807) is 35.1 Å². The smallest absolute Gasteiger partial charge is 0.254 e. The fourth-order valence-electron chi connectivity index (χ4n) is 4.04. The number of carbonyl (C=O) groups excluding carboxylic acids is 2. The summed E-state index contributed by atoms with van der Waals surface area (Å²) < 4.78 is 1.75. The molecule has 2 aromatic rings. The molecule has 1 aromatic heterocycles. The molecule has 1 saturated heterocycles. The van der Waals surface area contributed by atoms with Crippen molar-refractivity contribution in [2.45, 2.75) is 58.0 Å². The molecule has 1 aromatic carbocycles. The molecule has 0 aliphatic carbocycles. The summed E-state index contributed by atoms with van der Waals surface area (Å²) in [5, 5.41) is 17.3. The summed E-state index contributed by atoms with van der Waals surface area (Å²) in [6.07, 6.45) is 3.46. The Hall–Kier alpha value is -3.18. The highest BCUT2D eigenvalue weighted by Crippen LogP contribution is 2.36. The molecule has 0 radical (unpaired) electrons. The van der Waals surface area contributed by atoms with Crippen LogP contribution in [0.1, 0.15) is 67.7 Å². The molecule has 0 unspecified atom stereocenters. The van der Waals surface area contributed by atoms with Gasteiger partial charge in [0.25, 0.3) is 5.91 Å². The summed E-state index contributed by atoms with van der Waals surface area (Å²) in [4.78, 5) is 26.0. The molecule has 0 bridgehead atoms. The van der Waals surface area contributed by atoms with Crippen LogP contribution in [-0.4, -0.2) is 45.0 Å². The van der Waals surface area contributed by atoms with Gasteiger partial charge in [0.1, 0.15) is 5.56 Å². The van der Waals surface area contributed by atoms with E-state index in [0.29, 0.717) is 23.5 Å². The molecule has 1 fully saturated rings. The molecule has 0 atom stereocenters. The van der Waals surface area contributed by atoms with Crippen LogP contribution in [0, 0.1) is 11.3 Å². The van der Waals surface area contributed by atoms with Crippen LogP contribution in [0.5, 0.6) is 0 Å². The van der Waals surface area contributed by atoms with Crippen LogP contribution in [-0.2, 0) is 5.54 Å². The second kappa shape index (κ2) is 8.52. The van der Waals surface area contributed by atoms with Crippen molar-refractivity contribution in [3.63, 3.8) is 0 Å². The number of nitrogens with one attached hydrogen (secondary N) is 1. The van der Waals surface area contributed by atoms with E-state index >= 15 is 0 Å². The van der Waals surface area contributed by atoms with Crippen LogP contribution in [0.3, 0.4) is 0 Å². The van der Waals surface area contributed by atoms with Gasteiger partial charge in [-0.3, -0.25) is 19.2 Å². The first-order valence-electron chi connectivity index (χ1n) is 10.5. The van der Waals surface area contributed by atoms with Crippen molar-refractivity contribution in [2.24, 2.45) is 5.73 Å². The van der Waals surface area contributed by atoms with Gasteiger partial charge in [-0.15, -0.1) is 0 Å². The molecule has 8 heteroatoms. The number of nitrogens with two attached hydrogens (primary N) is 1. The fourth-order valence-corrected chi connectivity index (χ4v) is 4.04. The lowest BCUT2D eigenvalue weighted by atomic mass is 9.83. The Morgan fingerprint density at radius 1 is 1.23 bits per heavy atom. The number of nitrogens with zero attached hydrogens (tertiary/aromatic N) is 4. The van der Waals surface area contributed by atoms with Crippen LogP contribution in [0.25, 0.3) is 0 Å². The number of nitriles is 1. The Morgan fingerprint density at radius 2 is 1.84 bits per heavy atom. The zero-order chi connectivity index (χ0) is 22.8. The van der Waals surface area contributed by atoms with E-state index in [-0.39, 0.29) is 16.9 Å². The molecule has 0 spiro atoms. The number of piperidine rings is 1. The van der Waals surface area contributed by atoms with E-state index in [1.165, 1.54) is 6.92 Å². The molecular weight excluding hydrogens is 392 g/mol. The number of benzene rings is 1. The molecule has 1 amide bonds. The van der Waals surface area contributed by atoms with Crippen molar-refractivity contribution in [3.8, 4) is 6.07 Å². The highest BCUT2D eigenvalue weighted by molar-refractivity contribution is 5.98. The second-order valence-corrected chi connectivity index (χ2v) is 9.18. The van der Waals surface area contributed by atoms with Gasteiger partial charge in [0.15, 0.2) is 11.6 Å². The maximum absolute atomic E-state index is 12.1. The van der Waals surface area contributed by atoms with Gasteiger partial charge in [0.2, 0.25) is 0 Å². The summed E-state index contributed by atoms with van der Waals surface area (Å²) >= 11 is 0. The minimum absolute atomic E-state index is 0.0197. The average molecular weight is 423 g/mol. The van der Waals surface area contributed by atoms with Gasteiger partial charge in [-0.05, 0) is 64.8 Å². The Morgan fingerprint density at radius 3 is 2.32 bits per heavy atom. The van der Waals surface area contributed by atoms with E-state index in [4.69, 9.17) is 5.73 Å². The SMILES string of the molecule is CC(=O)c1ccc(Nc2nn(C3(CC#N)CCN(C(C)(C)C)CC3)cc2C(N)=O)cc1. The van der Waals surface area contributed by atoms with Crippen LogP contribution in [0.15, 0.2) is 30.5 Å². The Bertz CT molecular complexity index is 1000. The number of rotatable bonds is 6. The van der Waals surface area contributed by atoms with E-state index < -0.39 is 11.4 Å². The number of amides is 1. The molecule has 0 saturated carbocycles. The number of carbonyl (C=O) groups is 2. The molecule has 1 aliphatic heterocycles. The zero-order valence-electron chi connectivity index (χ0n) is 18.6. The predicted octanol–water partition coefficient (Wildman–Crippen LogP) is 3.43. The van der Waals surface area contributed by atoms with E-state index in [2.05, 4.69) is 42.2 Å². The summed E-state index contributed by atoms with van der Waals surface area (Å²) in [6, 6.07) is 9.25. The lowest BCUT2D eigenvalue weighted by Crippen LogP contribution is -2.52. The Labute approximate surface area is 183 Å². The van der Waals surface area contributed by atoms with Crippen molar-refractivity contribution in [3.05, 3.63) is 41.6 Å². The summed E-state index contributed by atoms with van der Waals surface area (Å²) in [5.74, 6) is -0.263. The molecule has 2 heterocycles. The molecule has 3 N–H and O–H groups in total. The van der Waals surface area contributed by atoms with Crippen LogP contribution in [0.4, 0.5) is 11.5 Å². The Kier molecular flexibility index (Phi) is 6.18. The van der Waals surface area contributed by atoms with Gasteiger partial charge in [-0.2, -0.15) is 10.4 Å². The van der Waals surface area contributed by atoms with Crippen molar-refractivity contribution in [2.75, 3.05) is 18.4 Å². The monoisotopic (exact) mass is 422 g/mol. The van der Waals surface area contributed by atoms with Gasteiger partial charge in [0.05, 0.1) is 18.0 Å². The lowest BCUT2D eigenvalue weighted by molar-refractivity contribution is 0.0438. The zero-order valence-corrected chi connectivity index (χ0v) is 18.6. The first kappa shape index (κ1) is 22.5. The van der Waals surface area contributed by atoms with Crippen LogP contribution in [0.2, 0.25) is 0 Å². The maximum Gasteiger partial charge on any atom is 0.254 e. The summed E-state index contributed by atoms with van der Waals surface area (Å²) in [5.41, 5.74) is 6.75. The van der Waals surface area contributed by atoms with Gasteiger partial charge in [0, 0.05) is 36.1 Å². The summed E-state index contributed by atoms with van der Waals surface area (Å²) in [6.45, 7) is 9.74. The van der Waals surface area contributed by atoms with Crippen molar-refractivity contribution in [1.29, 1.82) is 5.26 Å². The highest BCUT2D eigenvalue weighted by Gasteiger charge is 2.40. The number of likely N-dealkylation sites (tertiary alicyclic amines) is 1. The van der Waals surface area contributed by atoms with Crippen molar-refractivity contribution < 1.29 is 9.59 Å². The van der Waals surface area contributed by atoms with Crippen LogP contribution < -0.4 is 11.1 Å². The molecule has 1 aliphatic rings. The fraction of sp³-hybridized carbons (Fsp3) is 0.478. The largest absolute Gasteiger partial charge is 0.365 e. The third-order valence-corrected chi connectivity index (χ3v) is 6.07. The third-order valence-electron chi connectivity index (χ3n) is 6.07. The normalized spacial score (nSPS) is 16.5. The third kappa shape index (κ3) is 4.78. The standard InChI is InChI=1S/C23H30N6O2/c1-16(30)17-5-7-18(8-6-17)26-21-19(20(25)31)15-29(27-21)23(9-12-24)10-13-28(14-11-23)22(2,3)4/h5-8,15H,9-11,13-14H2,1-4H3,(H2,25,31)(H,26,27). The number of ketones is 1. The van der Waals surface area contributed by atoms with Crippen molar-refractivity contribution >= 4 is 23.2 Å². The minimum atomic E-state index is -0.589. The number of hydrogen-bond donors (Lipinski definition) is 2. The first-order chi connectivity index (χ1) is 14.6. The number of anilines is 2. The lowest BCUT2D eigenvalue weighted by Gasteiger charge is -2.45. The minimum Gasteiger partial charge on any atom is -0.365 e. The Balaban J connectivity index is 1.91. The van der Waals surface area contributed by atoms with E-state index in [1.807, 2.05) is 0 Å². The second-order valence-electron chi connectivity index (χ2n) is 9.18. The topological polar surface area (TPSA) is 117 Å². The average Bonchev–Trinajstić information content (AvgIpc) is 3.13.